The number of nitrogens with one attached hydrogen (secondary N) is 2. The lowest BCUT2D eigenvalue weighted by Crippen LogP contribution is -2.55. The zero-order chi connectivity index (χ0) is 33.2. The van der Waals surface area contributed by atoms with Crippen LogP contribution < -0.4 is 22.1 Å². The smallest absolute Gasteiger partial charge is 0.305 e. The van der Waals surface area contributed by atoms with Crippen molar-refractivity contribution in [2.45, 2.75) is 95.2 Å². The SMILES string of the molecule is COC(=O)CCCCCN(C(=O)CNC(=O)[C@@H](CCSC)NC(=O)[C@@H](N)Cc1ccc(O)cc1)[C@@H](CC1CCCCC1)C(N)=O. The molecule has 0 heterocycles. The van der Waals surface area contributed by atoms with Crippen LogP contribution in [0.2, 0.25) is 0 Å². The first-order valence-electron chi connectivity index (χ1n) is 15.8. The number of methoxy groups -OCH3 is 1. The molecule has 1 aliphatic rings. The lowest BCUT2D eigenvalue weighted by Gasteiger charge is -2.33. The highest BCUT2D eigenvalue weighted by molar-refractivity contribution is 7.98. The zero-order valence-corrected chi connectivity index (χ0v) is 27.4. The largest absolute Gasteiger partial charge is 0.508 e. The summed E-state index contributed by atoms with van der Waals surface area (Å²) in [5.74, 6) is -1.37. The summed E-state index contributed by atoms with van der Waals surface area (Å²) in [5, 5.41) is 14.9. The summed E-state index contributed by atoms with van der Waals surface area (Å²) < 4.78 is 4.69. The van der Waals surface area contributed by atoms with E-state index in [9.17, 15) is 29.1 Å². The maximum absolute atomic E-state index is 13.5. The van der Waals surface area contributed by atoms with E-state index in [2.05, 4.69) is 15.4 Å². The number of aromatic hydroxyl groups is 1. The third-order valence-corrected chi connectivity index (χ3v) is 8.84. The van der Waals surface area contributed by atoms with Crippen LogP contribution in [0.3, 0.4) is 0 Å². The molecule has 13 heteroatoms. The Hall–Kier alpha value is -3.32. The number of carbonyl (C=O) groups excluding carboxylic acids is 5. The molecule has 0 saturated heterocycles. The molecule has 12 nitrogen and oxygen atoms in total. The van der Waals surface area contributed by atoms with Crippen molar-refractivity contribution in [1.82, 2.24) is 15.5 Å². The van der Waals surface area contributed by atoms with E-state index in [1.165, 1.54) is 35.9 Å². The Morgan fingerprint density at radius 3 is 2.36 bits per heavy atom. The molecule has 1 aromatic rings. The number of primary amides is 1. The number of nitrogens with two attached hydrogens (primary N) is 2. The summed E-state index contributed by atoms with van der Waals surface area (Å²) in [6.07, 6.45) is 10.2. The molecular formula is C32H51N5O7S. The maximum Gasteiger partial charge on any atom is 0.305 e. The van der Waals surface area contributed by atoms with Gasteiger partial charge >= 0.3 is 5.97 Å². The Kier molecular flexibility index (Phi) is 17.4. The molecule has 45 heavy (non-hydrogen) atoms. The molecule has 2 rings (SSSR count). The summed E-state index contributed by atoms with van der Waals surface area (Å²) in [7, 11) is 1.34. The number of carbonyl (C=O) groups is 5. The number of esters is 1. The van der Waals surface area contributed by atoms with Crippen molar-refractivity contribution in [2.24, 2.45) is 17.4 Å². The number of ether oxygens (including phenoxy) is 1. The summed E-state index contributed by atoms with van der Waals surface area (Å²) in [6, 6.07) is 3.72. The number of thioether (sulfide) groups is 1. The van der Waals surface area contributed by atoms with Crippen LogP contribution >= 0.6 is 11.8 Å². The van der Waals surface area contributed by atoms with Gasteiger partial charge in [-0.15, -0.1) is 0 Å². The highest BCUT2D eigenvalue weighted by atomic mass is 32.2. The van der Waals surface area contributed by atoms with Crippen LogP contribution in [0.4, 0.5) is 0 Å². The number of hydrogen-bond acceptors (Lipinski definition) is 9. The van der Waals surface area contributed by atoms with Gasteiger partial charge < -0.3 is 36.8 Å². The molecule has 1 saturated carbocycles. The molecule has 0 aliphatic heterocycles. The average molecular weight is 650 g/mol. The molecule has 0 spiro atoms. The minimum absolute atomic E-state index is 0.105. The topological polar surface area (TPSA) is 194 Å². The predicted molar refractivity (Wildman–Crippen MR) is 174 cm³/mol. The first kappa shape index (κ1) is 37.9. The van der Waals surface area contributed by atoms with Crippen LogP contribution in [0.25, 0.3) is 0 Å². The Labute approximate surface area is 270 Å². The number of phenolic OH excluding ortho intramolecular Hbond substituents is 1. The Morgan fingerprint density at radius 2 is 1.73 bits per heavy atom. The summed E-state index contributed by atoms with van der Waals surface area (Å²) >= 11 is 1.51. The second-order valence-electron chi connectivity index (χ2n) is 11.7. The molecule has 3 atom stereocenters. The molecule has 1 aliphatic carbocycles. The molecule has 1 fully saturated rings. The van der Waals surface area contributed by atoms with Crippen molar-refractivity contribution in [3.8, 4) is 5.75 Å². The second kappa shape index (κ2) is 20.7. The van der Waals surface area contributed by atoms with E-state index in [-0.39, 0.29) is 43.6 Å². The van der Waals surface area contributed by atoms with Crippen LogP contribution in [0.1, 0.15) is 76.2 Å². The van der Waals surface area contributed by atoms with Gasteiger partial charge in [0.15, 0.2) is 0 Å². The van der Waals surface area contributed by atoms with E-state index < -0.39 is 41.8 Å². The highest BCUT2D eigenvalue weighted by Crippen LogP contribution is 2.29. The van der Waals surface area contributed by atoms with Crippen molar-refractivity contribution in [1.29, 1.82) is 0 Å². The Morgan fingerprint density at radius 1 is 1.04 bits per heavy atom. The lowest BCUT2D eigenvalue weighted by molar-refractivity contribution is -0.141. The normalized spacial score (nSPS) is 15.4. The molecule has 0 radical (unpaired) electrons. The van der Waals surface area contributed by atoms with E-state index >= 15 is 0 Å². The average Bonchev–Trinajstić information content (AvgIpc) is 3.03. The number of benzene rings is 1. The van der Waals surface area contributed by atoms with Crippen molar-refractivity contribution in [3.63, 3.8) is 0 Å². The highest BCUT2D eigenvalue weighted by Gasteiger charge is 2.32. The Balaban J connectivity index is 2.06. The molecule has 7 N–H and O–H groups in total. The van der Waals surface area contributed by atoms with Gasteiger partial charge in [0, 0.05) is 13.0 Å². The van der Waals surface area contributed by atoms with Crippen molar-refractivity contribution in [3.05, 3.63) is 29.8 Å². The third kappa shape index (κ3) is 14.1. The maximum atomic E-state index is 13.5. The van der Waals surface area contributed by atoms with Gasteiger partial charge in [-0.3, -0.25) is 24.0 Å². The molecule has 252 valence electrons. The number of phenols is 1. The van der Waals surface area contributed by atoms with Gasteiger partial charge in [0.25, 0.3) is 0 Å². The minimum atomic E-state index is -0.924. The van der Waals surface area contributed by atoms with E-state index in [1.54, 1.807) is 12.1 Å². The molecule has 0 unspecified atom stereocenters. The number of rotatable bonds is 20. The van der Waals surface area contributed by atoms with Crippen molar-refractivity contribution in [2.75, 3.05) is 32.2 Å². The first-order valence-corrected chi connectivity index (χ1v) is 17.2. The van der Waals surface area contributed by atoms with Gasteiger partial charge in [0.2, 0.25) is 23.6 Å². The molecular weight excluding hydrogens is 598 g/mol. The van der Waals surface area contributed by atoms with Crippen LogP contribution in [0, 0.1) is 5.92 Å². The standard InChI is InChI=1S/C32H51N5O7S/c1-44-29(40)11-7-4-8-17-37(27(30(34)41)20-22-9-5-3-6-10-22)28(39)21-35-32(43)26(16-18-45-2)36-31(42)25(33)19-23-12-14-24(38)15-13-23/h12-15,22,25-27,38H,3-11,16-21,33H2,1-2H3,(H2,34,41)(H,35,43)(H,36,42)/t25-,26+,27-/m0/s1. The second-order valence-corrected chi connectivity index (χ2v) is 12.7. The van der Waals surface area contributed by atoms with Gasteiger partial charge in [0.1, 0.15) is 17.8 Å². The van der Waals surface area contributed by atoms with Crippen LogP contribution in [-0.2, 0) is 35.1 Å². The van der Waals surface area contributed by atoms with E-state index in [1.807, 2.05) is 6.26 Å². The minimum Gasteiger partial charge on any atom is -0.508 e. The number of hydrogen-bond donors (Lipinski definition) is 5. The van der Waals surface area contributed by atoms with Gasteiger partial charge in [-0.1, -0.05) is 50.7 Å². The molecule has 0 aromatic heterocycles. The van der Waals surface area contributed by atoms with Gasteiger partial charge in [0.05, 0.1) is 19.7 Å². The van der Waals surface area contributed by atoms with Gasteiger partial charge in [-0.05, 0) is 67.7 Å². The van der Waals surface area contributed by atoms with Crippen LogP contribution in [-0.4, -0.2) is 89.9 Å². The number of nitrogens with zero attached hydrogens (tertiary/aromatic N) is 1. The number of unbranched alkanes of at least 4 members (excludes halogenated alkanes) is 2. The van der Waals surface area contributed by atoms with E-state index in [4.69, 9.17) is 11.5 Å². The fraction of sp³-hybridized carbons (Fsp3) is 0.656. The van der Waals surface area contributed by atoms with Gasteiger partial charge in [-0.2, -0.15) is 11.8 Å². The fourth-order valence-corrected chi connectivity index (χ4v) is 6.04. The number of amides is 4. The quantitative estimate of drug-likeness (QED) is 0.104. The summed E-state index contributed by atoms with van der Waals surface area (Å²) in [4.78, 5) is 65.3. The first-order chi connectivity index (χ1) is 21.5. The fourth-order valence-electron chi connectivity index (χ4n) is 5.57. The van der Waals surface area contributed by atoms with Crippen molar-refractivity contribution >= 4 is 41.4 Å². The molecule has 4 amide bonds. The van der Waals surface area contributed by atoms with E-state index in [0.717, 1.165) is 37.7 Å². The lowest BCUT2D eigenvalue weighted by atomic mass is 9.84. The molecule has 0 bridgehead atoms. The van der Waals surface area contributed by atoms with E-state index in [0.29, 0.717) is 37.9 Å². The Bertz CT molecular complexity index is 1100. The van der Waals surface area contributed by atoms with Crippen molar-refractivity contribution < 1.29 is 33.8 Å². The summed E-state index contributed by atoms with van der Waals surface area (Å²) in [6.45, 7) is -0.102. The monoisotopic (exact) mass is 649 g/mol. The van der Waals surface area contributed by atoms with Crippen LogP contribution in [0.5, 0.6) is 5.75 Å². The predicted octanol–water partition coefficient (Wildman–Crippen LogP) is 2.00. The molecule has 1 aromatic carbocycles. The third-order valence-electron chi connectivity index (χ3n) is 8.20. The summed E-state index contributed by atoms with van der Waals surface area (Å²) in [5.41, 5.74) is 12.7. The van der Waals surface area contributed by atoms with Crippen LogP contribution in [0.15, 0.2) is 24.3 Å². The zero-order valence-electron chi connectivity index (χ0n) is 26.6. The van der Waals surface area contributed by atoms with Gasteiger partial charge in [-0.25, -0.2) is 0 Å².